The molecule has 5 nitrogen and oxygen atoms in total. The highest BCUT2D eigenvalue weighted by Gasteiger charge is 2.14. The van der Waals surface area contributed by atoms with E-state index in [2.05, 4.69) is 15.5 Å². The molecule has 5 heteroatoms. The normalized spacial score (nSPS) is 15.6. The van der Waals surface area contributed by atoms with Crippen LogP contribution in [0.5, 0.6) is 0 Å². The number of nitrogens with zero attached hydrogens (tertiary/aromatic N) is 1. The number of nitrogens with one attached hydrogen (secondary N) is 2. The molecule has 0 spiro atoms. The second kappa shape index (κ2) is 7.84. The molecule has 0 saturated carbocycles. The highest BCUT2D eigenvalue weighted by Crippen LogP contribution is 2.19. The van der Waals surface area contributed by atoms with Gasteiger partial charge in [0.05, 0.1) is 13.2 Å². The Morgan fingerprint density at radius 3 is 2.33 bits per heavy atom. The molecule has 1 atom stereocenters. The fourth-order valence-electron chi connectivity index (χ4n) is 2.68. The van der Waals surface area contributed by atoms with Gasteiger partial charge in [-0.15, -0.1) is 0 Å². The van der Waals surface area contributed by atoms with Crippen molar-refractivity contribution in [1.82, 2.24) is 0 Å². The van der Waals surface area contributed by atoms with E-state index in [-0.39, 0.29) is 11.9 Å². The molecule has 1 fully saturated rings. The van der Waals surface area contributed by atoms with Crippen LogP contribution in [0.3, 0.4) is 0 Å². The summed E-state index contributed by atoms with van der Waals surface area (Å²) in [6.07, 6.45) is 0. The molecular formula is C19H23N3O2. The fraction of sp³-hybridized carbons (Fsp3) is 0.316. The third-order valence-electron chi connectivity index (χ3n) is 4.06. The molecule has 3 rings (SSSR count). The van der Waals surface area contributed by atoms with Crippen molar-refractivity contribution < 1.29 is 9.53 Å². The number of carbonyl (C=O) groups is 1. The summed E-state index contributed by atoms with van der Waals surface area (Å²) < 4.78 is 5.37. The molecule has 0 unspecified atom stereocenters. The summed E-state index contributed by atoms with van der Waals surface area (Å²) in [6, 6.07) is 17.4. The Hall–Kier alpha value is -2.53. The van der Waals surface area contributed by atoms with Crippen molar-refractivity contribution in [2.75, 3.05) is 41.8 Å². The monoisotopic (exact) mass is 325 g/mol. The van der Waals surface area contributed by atoms with Crippen molar-refractivity contribution in [2.45, 2.75) is 13.0 Å². The van der Waals surface area contributed by atoms with Crippen LogP contribution in [0.15, 0.2) is 54.6 Å². The van der Waals surface area contributed by atoms with Crippen LogP contribution in [0.1, 0.15) is 6.92 Å². The quantitative estimate of drug-likeness (QED) is 0.887. The van der Waals surface area contributed by atoms with Crippen LogP contribution in [-0.2, 0) is 9.53 Å². The summed E-state index contributed by atoms with van der Waals surface area (Å²) in [6.45, 7) is 5.19. The van der Waals surface area contributed by atoms with E-state index in [1.807, 2.05) is 61.5 Å². The van der Waals surface area contributed by atoms with Gasteiger partial charge in [0.2, 0.25) is 5.91 Å². The maximum atomic E-state index is 12.3. The van der Waals surface area contributed by atoms with Crippen LogP contribution < -0.4 is 15.5 Å². The molecule has 0 radical (unpaired) electrons. The largest absolute Gasteiger partial charge is 0.378 e. The van der Waals surface area contributed by atoms with E-state index < -0.39 is 0 Å². The number of hydrogen-bond acceptors (Lipinski definition) is 4. The average molecular weight is 325 g/mol. The molecular weight excluding hydrogens is 302 g/mol. The Morgan fingerprint density at radius 2 is 1.67 bits per heavy atom. The predicted molar refractivity (Wildman–Crippen MR) is 97.6 cm³/mol. The molecule has 0 aromatic heterocycles. The lowest BCUT2D eigenvalue weighted by atomic mass is 10.2. The van der Waals surface area contributed by atoms with Crippen molar-refractivity contribution in [3.05, 3.63) is 54.6 Å². The lowest BCUT2D eigenvalue weighted by Gasteiger charge is -2.29. The lowest BCUT2D eigenvalue weighted by Crippen LogP contribution is -2.36. The van der Waals surface area contributed by atoms with Crippen LogP contribution in [0.2, 0.25) is 0 Å². The first-order valence-corrected chi connectivity index (χ1v) is 8.27. The van der Waals surface area contributed by atoms with E-state index in [4.69, 9.17) is 4.74 Å². The van der Waals surface area contributed by atoms with Crippen LogP contribution in [0.25, 0.3) is 0 Å². The number of amides is 1. The summed E-state index contributed by atoms with van der Waals surface area (Å²) in [5.74, 6) is -0.0574. The Bertz CT molecular complexity index is 652. The third-order valence-corrected chi connectivity index (χ3v) is 4.06. The molecule has 2 N–H and O–H groups in total. The first-order valence-electron chi connectivity index (χ1n) is 8.27. The molecule has 0 bridgehead atoms. The Kier molecular flexibility index (Phi) is 5.33. The first-order chi connectivity index (χ1) is 11.7. The maximum absolute atomic E-state index is 12.3. The molecule has 2 aromatic carbocycles. The molecule has 1 amide bonds. The number of carbonyl (C=O) groups excluding carboxylic acids is 1. The maximum Gasteiger partial charge on any atom is 0.246 e. The second-order valence-electron chi connectivity index (χ2n) is 5.87. The van der Waals surface area contributed by atoms with Gasteiger partial charge in [0, 0.05) is 30.2 Å². The Balaban J connectivity index is 1.55. The molecule has 1 aliphatic heterocycles. The Labute approximate surface area is 142 Å². The smallest absolute Gasteiger partial charge is 0.246 e. The Morgan fingerprint density at radius 1 is 1.00 bits per heavy atom. The SMILES string of the molecule is C[C@@H](Nc1ccccc1)C(=O)Nc1ccc(N2CCOCC2)cc1. The summed E-state index contributed by atoms with van der Waals surface area (Å²) in [4.78, 5) is 14.6. The van der Waals surface area contributed by atoms with E-state index in [1.54, 1.807) is 0 Å². The average Bonchev–Trinajstić information content (AvgIpc) is 2.64. The van der Waals surface area contributed by atoms with E-state index >= 15 is 0 Å². The van der Waals surface area contributed by atoms with Gasteiger partial charge >= 0.3 is 0 Å². The van der Waals surface area contributed by atoms with Crippen molar-refractivity contribution >= 4 is 23.0 Å². The van der Waals surface area contributed by atoms with Gasteiger partial charge in [-0.2, -0.15) is 0 Å². The van der Waals surface area contributed by atoms with Crippen molar-refractivity contribution in [3.63, 3.8) is 0 Å². The second-order valence-corrected chi connectivity index (χ2v) is 5.87. The van der Waals surface area contributed by atoms with E-state index in [9.17, 15) is 4.79 Å². The minimum atomic E-state index is -0.314. The molecule has 1 aliphatic rings. The number of benzene rings is 2. The zero-order valence-electron chi connectivity index (χ0n) is 13.9. The number of rotatable bonds is 5. The number of morpholine rings is 1. The van der Waals surface area contributed by atoms with Crippen LogP contribution in [0.4, 0.5) is 17.1 Å². The number of anilines is 3. The molecule has 126 valence electrons. The van der Waals surface area contributed by atoms with Gasteiger partial charge in [0.1, 0.15) is 6.04 Å². The molecule has 0 aliphatic carbocycles. The van der Waals surface area contributed by atoms with E-state index in [0.717, 1.165) is 43.4 Å². The fourth-order valence-corrected chi connectivity index (χ4v) is 2.68. The number of ether oxygens (including phenoxy) is 1. The highest BCUT2D eigenvalue weighted by molar-refractivity contribution is 5.96. The van der Waals surface area contributed by atoms with Crippen LogP contribution in [0, 0.1) is 0 Å². The van der Waals surface area contributed by atoms with Crippen molar-refractivity contribution in [1.29, 1.82) is 0 Å². The lowest BCUT2D eigenvalue weighted by molar-refractivity contribution is -0.116. The van der Waals surface area contributed by atoms with Crippen molar-refractivity contribution in [2.24, 2.45) is 0 Å². The molecule has 2 aromatic rings. The highest BCUT2D eigenvalue weighted by atomic mass is 16.5. The first kappa shape index (κ1) is 16.3. The zero-order valence-corrected chi connectivity index (χ0v) is 13.9. The summed E-state index contributed by atoms with van der Waals surface area (Å²) in [7, 11) is 0. The molecule has 1 saturated heterocycles. The standard InChI is InChI=1S/C19H23N3O2/c1-15(20-16-5-3-2-4-6-16)19(23)21-17-7-9-18(10-8-17)22-11-13-24-14-12-22/h2-10,15,20H,11-14H2,1H3,(H,21,23)/t15-/m1/s1. The van der Waals surface area contributed by atoms with Gasteiger partial charge in [-0.25, -0.2) is 0 Å². The number of para-hydroxylation sites is 1. The van der Waals surface area contributed by atoms with Gasteiger partial charge in [-0.05, 0) is 43.3 Å². The summed E-state index contributed by atoms with van der Waals surface area (Å²) in [5.41, 5.74) is 2.90. The topological polar surface area (TPSA) is 53.6 Å². The van der Waals surface area contributed by atoms with Crippen LogP contribution >= 0.6 is 0 Å². The van der Waals surface area contributed by atoms with Crippen molar-refractivity contribution in [3.8, 4) is 0 Å². The summed E-state index contributed by atoms with van der Waals surface area (Å²) >= 11 is 0. The predicted octanol–water partition coefficient (Wildman–Crippen LogP) is 2.96. The zero-order chi connectivity index (χ0) is 16.8. The van der Waals surface area contributed by atoms with E-state index in [1.165, 1.54) is 0 Å². The van der Waals surface area contributed by atoms with Gasteiger partial charge in [0.15, 0.2) is 0 Å². The third kappa shape index (κ3) is 4.26. The van der Waals surface area contributed by atoms with E-state index in [0.29, 0.717) is 0 Å². The summed E-state index contributed by atoms with van der Waals surface area (Å²) in [5, 5.41) is 6.14. The van der Waals surface area contributed by atoms with Gasteiger partial charge in [0.25, 0.3) is 0 Å². The number of hydrogen-bond donors (Lipinski definition) is 2. The minimum absolute atomic E-state index is 0.0574. The van der Waals surface area contributed by atoms with Gasteiger partial charge in [-0.3, -0.25) is 4.79 Å². The van der Waals surface area contributed by atoms with Crippen LogP contribution in [-0.4, -0.2) is 38.3 Å². The van der Waals surface area contributed by atoms with Gasteiger partial charge < -0.3 is 20.3 Å². The molecule has 1 heterocycles. The minimum Gasteiger partial charge on any atom is -0.378 e. The van der Waals surface area contributed by atoms with Gasteiger partial charge in [-0.1, -0.05) is 18.2 Å². The molecule has 24 heavy (non-hydrogen) atoms.